The van der Waals surface area contributed by atoms with E-state index in [1.165, 1.54) is 4.90 Å². The number of hydrogen-bond acceptors (Lipinski definition) is 3. The topological polar surface area (TPSA) is 47.0 Å². The molecule has 0 aliphatic rings. The molecule has 0 spiro atoms. The summed E-state index contributed by atoms with van der Waals surface area (Å²) in [5.41, 5.74) is 0.825. The summed E-state index contributed by atoms with van der Waals surface area (Å²) in [7, 11) is 4.22. The molecule has 0 atom stereocenters. The molecule has 3 N–H and O–H groups in total. The number of hydrogen-bond donors (Lipinski definition) is 3. The average molecular weight is 361 g/mol. The highest BCUT2D eigenvalue weighted by Gasteiger charge is 2.07. The highest BCUT2D eigenvalue weighted by Crippen LogP contribution is 2.30. The Balaban J connectivity index is 1.98. The molecule has 0 saturated heterocycles. The van der Waals surface area contributed by atoms with Crippen LogP contribution >= 0.6 is 12.2 Å². The van der Waals surface area contributed by atoms with Crippen molar-refractivity contribution < 1.29 is 14.4 Å². The Morgan fingerprint density at radius 3 is 2.40 bits per heavy atom. The molecule has 0 fully saturated rings. The summed E-state index contributed by atoms with van der Waals surface area (Å²) < 4.78 is 11.4. The Morgan fingerprint density at radius 2 is 1.72 bits per heavy atom. The van der Waals surface area contributed by atoms with Gasteiger partial charge in [-0.25, -0.2) is 0 Å². The number of rotatable bonds is 8. The number of thiocarbonyl (C=S) groups is 1. The summed E-state index contributed by atoms with van der Waals surface area (Å²) in [6.07, 6.45) is 0. The third-order valence-electron chi connectivity index (χ3n) is 3.41. The van der Waals surface area contributed by atoms with Crippen LogP contribution in [0.2, 0.25) is 0 Å². The fourth-order valence-electron chi connectivity index (χ4n) is 2.15. The summed E-state index contributed by atoms with van der Waals surface area (Å²) in [4.78, 5) is 1.37. The van der Waals surface area contributed by atoms with Crippen LogP contribution in [0.15, 0.2) is 48.5 Å². The van der Waals surface area contributed by atoms with Crippen molar-refractivity contribution in [1.29, 1.82) is 0 Å². The first kappa shape index (κ1) is 19.0. The number of nitrogens with one attached hydrogen (secondary N) is 3. The molecule has 134 valence electrons. The predicted octanol–water partition coefficient (Wildman–Crippen LogP) is 2.31. The van der Waals surface area contributed by atoms with Gasteiger partial charge in [-0.1, -0.05) is 12.1 Å². The van der Waals surface area contributed by atoms with Crippen molar-refractivity contribution in [2.45, 2.75) is 6.92 Å². The maximum absolute atomic E-state index is 5.98. The van der Waals surface area contributed by atoms with Gasteiger partial charge in [-0.2, -0.15) is 0 Å². The third kappa shape index (κ3) is 6.60. The molecule has 0 saturated carbocycles. The van der Waals surface area contributed by atoms with Crippen LogP contribution in [-0.4, -0.2) is 38.9 Å². The van der Waals surface area contributed by atoms with Crippen LogP contribution in [0, 0.1) is 0 Å². The lowest BCUT2D eigenvalue weighted by molar-refractivity contribution is -0.856. The van der Waals surface area contributed by atoms with Crippen molar-refractivity contribution in [2.75, 3.05) is 39.1 Å². The van der Waals surface area contributed by atoms with E-state index in [9.17, 15) is 0 Å². The summed E-state index contributed by atoms with van der Waals surface area (Å²) in [6.45, 7) is 4.41. The standard InChI is InChI=1S/C19H25N3O2S/c1-4-23-15-9-11-16(12-10-15)24-18-8-6-5-7-17(18)21-19(25)20-13-14-22(2)3/h5-12H,4,13-14H2,1-3H3,(H2,20,21,25)/p+1. The van der Waals surface area contributed by atoms with Crippen LogP contribution in [0.5, 0.6) is 17.2 Å². The summed E-state index contributed by atoms with van der Waals surface area (Å²) in [5, 5.41) is 6.99. The molecule has 0 radical (unpaired) electrons. The highest BCUT2D eigenvalue weighted by atomic mass is 32.1. The van der Waals surface area contributed by atoms with E-state index in [1.54, 1.807) is 0 Å². The number of likely N-dealkylation sites (N-methyl/N-ethyl adjacent to an activating group) is 1. The van der Waals surface area contributed by atoms with E-state index in [0.29, 0.717) is 17.5 Å². The number of quaternary nitrogens is 1. The Hall–Kier alpha value is -2.31. The SMILES string of the molecule is CCOc1ccc(Oc2ccccc2NC(=S)NCC[NH+](C)C)cc1. The van der Waals surface area contributed by atoms with Gasteiger partial charge in [0.1, 0.15) is 11.5 Å². The van der Waals surface area contributed by atoms with Crippen LogP contribution in [0.25, 0.3) is 0 Å². The summed E-state index contributed by atoms with van der Waals surface area (Å²) in [6, 6.07) is 15.3. The average Bonchev–Trinajstić information content (AvgIpc) is 2.58. The van der Waals surface area contributed by atoms with Crippen molar-refractivity contribution in [3.8, 4) is 17.2 Å². The zero-order valence-electron chi connectivity index (χ0n) is 15.0. The molecule has 0 unspecified atom stereocenters. The first-order chi connectivity index (χ1) is 12.1. The fourth-order valence-corrected chi connectivity index (χ4v) is 2.36. The largest absolute Gasteiger partial charge is 0.494 e. The van der Waals surface area contributed by atoms with Gasteiger partial charge in [-0.3, -0.25) is 0 Å². The van der Waals surface area contributed by atoms with E-state index in [-0.39, 0.29) is 0 Å². The van der Waals surface area contributed by atoms with Gasteiger partial charge in [-0.05, 0) is 55.5 Å². The second-order valence-electron chi connectivity index (χ2n) is 5.84. The number of anilines is 1. The third-order valence-corrected chi connectivity index (χ3v) is 3.65. The second kappa shape index (κ2) is 9.86. The molecule has 2 aromatic rings. The molecule has 25 heavy (non-hydrogen) atoms. The van der Waals surface area contributed by atoms with E-state index in [2.05, 4.69) is 24.7 Å². The van der Waals surface area contributed by atoms with Crippen LogP contribution in [0.1, 0.15) is 6.92 Å². The molecule has 0 aromatic heterocycles. The minimum Gasteiger partial charge on any atom is -0.494 e. The van der Waals surface area contributed by atoms with Gasteiger partial charge in [-0.15, -0.1) is 0 Å². The van der Waals surface area contributed by atoms with Gasteiger partial charge in [0, 0.05) is 0 Å². The van der Waals surface area contributed by atoms with Gasteiger partial charge in [0.25, 0.3) is 0 Å². The zero-order valence-corrected chi connectivity index (χ0v) is 15.8. The Kier molecular flexibility index (Phi) is 7.50. The maximum atomic E-state index is 5.98. The monoisotopic (exact) mass is 360 g/mol. The Labute approximate surface area is 154 Å². The van der Waals surface area contributed by atoms with E-state index < -0.39 is 0 Å². The summed E-state index contributed by atoms with van der Waals surface area (Å²) in [5.74, 6) is 2.29. The molecule has 5 nitrogen and oxygen atoms in total. The van der Waals surface area contributed by atoms with Gasteiger partial charge >= 0.3 is 0 Å². The van der Waals surface area contributed by atoms with Crippen LogP contribution < -0.4 is 25.0 Å². The molecule has 0 amide bonds. The molecular weight excluding hydrogens is 334 g/mol. The predicted molar refractivity (Wildman–Crippen MR) is 106 cm³/mol. The number of benzene rings is 2. The highest BCUT2D eigenvalue weighted by molar-refractivity contribution is 7.80. The number of para-hydroxylation sites is 2. The van der Waals surface area contributed by atoms with Crippen LogP contribution in [0.3, 0.4) is 0 Å². The second-order valence-corrected chi connectivity index (χ2v) is 6.25. The van der Waals surface area contributed by atoms with Crippen molar-refractivity contribution >= 4 is 23.0 Å². The van der Waals surface area contributed by atoms with Crippen LogP contribution in [0.4, 0.5) is 5.69 Å². The van der Waals surface area contributed by atoms with Crippen LogP contribution in [-0.2, 0) is 0 Å². The Morgan fingerprint density at radius 1 is 1.04 bits per heavy atom. The normalized spacial score (nSPS) is 10.4. The van der Waals surface area contributed by atoms with Crippen molar-refractivity contribution in [1.82, 2.24) is 5.32 Å². The van der Waals surface area contributed by atoms with Gasteiger partial charge in [0.2, 0.25) is 0 Å². The quantitative estimate of drug-likeness (QED) is 0.631. The van der Waals surface area contributed by atoms with Gasteiger partial charge in [0.05, 0.1) is 39.5 Å². The Bertz CT molecular complexity index is 675. The first-order valence-corrected chi connectivity index (χ1v) is 8.83. The maximum Gasteiger partial charge on any atom is 0.171 e. The molecule has 0 bridgehead atoms. The molecule has 2 aromatic carbocycles. The summed E-state index contributed by atoms with van der Waals surface area (Å²) >= 11 is 5.35. The molecule has 2 rings (SSSR count). The fraction of sp³-hybridized carbons (Fsp3) is 0.316. The van der Waals surface area contributed by atoms with E-state index in [0.717, 1.165) is 30.3 Å². The first-order valence-electron chi connectivity index (χ1n) is 8.42. The minimum atomic E-state index is 0.587. The molecule has 0 heterocycles. The lowest BCUT2D eigenvalue weighted by Gasteiger charge is -2.15. The zero-order chi connectivity index (χ0) is 18.1. The minimum absolute atomic E-state index is 0.587. The lowest BCUT2D eigenvalue weighted by Crippen LogP contribution is -3.06. The molecular formula is C19H26N3O2S+. The molecule has 6 heteroatoms. The van der Waals surface area contributed by atoms with Gasteiger partial charge in [0.15, 0.2) is 10.9 Å². The lowest BCUT2D eigenvalue weighted by atomic mass is 10.3. The van der Waals surface area contributed by atoms with Gasteiger partial charge < -0.3 is 25.0 Å². The van der Waals surface area contributed by atoms with E-state index in [4.69, 9.17) is 21.7 Å². The number of ether oxygens (including phenoxy) is 2. The van der Waals surface area contributed by atoms with E-state index >= 15 is 0 Å². The van der Waals surface area contributed by atoms with E-state index in [1.807, 2.05) is 55.5 Å². The smallest absolute Gasteiger partial charge is 0.171 e. The molecule has 0 aliphatic heterocycles. The van der Waals surface area contributed by atoms with Crippen molar-refractivity contribution in [3.05, 3.63) is 48.5 Å². The van der Waals surface area contributed by atoms with Crippen molar-refractivity contribution in [2.24, 2.45) is 0 Å². The van der Waals surface area contributed by atoms with Crippen molar-refractivity contribution in [3.63, 3.8) is 0 Å². The molecule has 0 aliphatic carbocycles.